The highest BCUT2D eigenvalue weighted by atomic mass is 32.1. The van der Waals surface area contributed by atoms with E-state index >= 15 is 0 Å². The van der Waals surface area contributed by atoms with Gasteiger partial charge < -0.3 is 10.6 Å². The summed E-state index contributed by atoms with van der Waals surface area (Å²) in [6.07, 6.45) is 18.4. The normalized spacial score (nSPS) is 11.0. The third-order valence-corrected chi connectivity index (χ3v) is 5.96. The predicted octanol–water partition coefficient (Wildman–Crippen LogP) is 7.56. The lowest BCUT2D eigenvalue weighted by molar-refractivity contribution is 0.545. The monoisotopic (exact) mass is 404 g/mol. The summed E-state index contributed by atoms with van der Waals surface area (Å²) in [6.45, 7) is 7.64. The Bertz CT molecular complexity index is 519. The molecule has 0 unspecified atom stereocenters. The summed E-state index contributed by atoms with van der Waals surface area (Å²) in [5.74, 6) is 0. The van der Waals surface area contributed by atoms with Gasteiger partial charge in [-0.05, 0) is 42.6 Å². The zero-order valence-corrected chi connectivity index (χ0v) is 19.6. The maximum Gasteiger partial charge on any atom is 0.170 e. The average molecular weight is 405 g/mol. The van der Waals surface area contributed by atoms with Gasteiger partial charge in [-0.25, -0.2) is 0 Å². The van der Waals surface area contributed by atoms with Gasteiger partial charge >= 0.3 is 0 Å². The van der Waals surface area contributed by atoms with Crippen molar-refractivity contribution < 1.29 is 0 Å². The summed E-state index contributed by atoms with van der Waals surface area (Å²) in [4.78, 5) is 2.18. The Morgan fingerprint density at radius 2 is 1.18 bits per heavy atom. The number of aryl methyl sites for hydroxylation is 2. The fraction of sp³-hybridized carbons (Fsp3) is 0.720. The Balaban J connectivity index is 2.30. The number of thiocarbonyl (C=S) groups is 1. The summed E-state index contributed by atoms with van der Waals surface area (Å²) in [6, 6.07) is 6.58. The molecule has 2 N–H and O–H groups in total. The Hall–Kier alpha value is -1.09. The van der Waals surface area contributed by atoms with Crippen LogP contribution >= 0.6 is 12.2 Å². The molecule has 160 valence electrons. The predicted molar refractivity (Wildman–Crippen MR) is 130 cm³/mol. The van der Waals surface area contributed by atoms with Crippen LogP contribution in [0.2, 0.25) is 0 Å². The maximum absolute atomic E-state index is 6.11. The van der Waals surface area contributed by atoms with Crippen LogP contribution in [0.1, 0.15) is 109 Å². The molecule has 0 saturated carbocycles. The Labute approximate surface area is 180 Å². The van der Waals surface area contributed by atoms with E-state index in [2.05, 4.69) is 43.9 Å². The molecule has 1 aromatic rings. The Kier molecular flexibility index (Phi) is 14.1. The van der Waals surface area contributed by atoms with Crippen molar-refractivity contribution in [1.29, 1.82) is 0 Å². The van der Waals surface area contributed by atoms with Crippen LogP contribution in [0.5, 0.6) is 0 Å². The van der Waals surface area contributed by atoms with Crippen molar-refractivity contribution >= 4 is 23.0 Å². The maximum atomic E-state index is 6.11. The van der Waals surface area contributed by atoms with Crippen molar-refractivity contribution in [1.82, 2.24) is 0 Å². The van der Waals surface area contributed by atoms with Gasteiger partial charge in [0.1, 0.15) is 0 Å². The van der Waals surface area contributed by atoms with E-state index < -0.39 is 0 Å². The van der Waals surface area contributed by atoms with E-state index in [0.717, 1.165) is 25.8 Å². The smallest absolute Gasteiger partial charge is 0.170 e. The zero-order chi connectivity index (χ0) is 20.6. The van der Waals surface area contributed by atoms with Gasteiger partial charge in [-0.3, -0.25) is 0 Å². The highest BCUT2D eigenvalue weighted by Crippen LogP contribution is 2.27. The second-order valence-electron chi connectivity index (χ2n) is 8.01. The van der Waals surface area contributed by atoms with Gasteiger partial charge in [0.2, 0.25) is 0 Å². The molecule has 0 saturated heterocycles. The van der Waals surface area contributed by atoms with E-state index in [1.807, 2.05) is 0 Å². The number of anilines is 1. The summed E-state index contributed by atoms with van der Waals surface area (Å²) in [7, 11) is 0. The van der Waals surface area contributed by atoms with Crippen LogP contribution in [0, 0.1) is 0 Å². The molecule has 0 atom stereocenters. The van der Waals surface area contributed by atoms with Gasteiger partial charge in [-0.2, -0.15) is 0 Å². The first-order valence-electron chi connectivity index (χ1n) is 11.8. The molecule has 0 radical (unpaired) electrons. The van der Waals surface area contributed by atoms with E-state index in [9.17, 15) is 0 Å². The molecule has 0 spiro atoms. The molecule has 0 aliphatic rings. The van der Waals surface area contributed by atoms with Crippen LogP contribution < -0.4 is 10.6 Å². The summed E-state index contributed by atoms with van der Waals surface area (Å²) < 4.78 is 0. The van der Waals surface area contributed by atoms with E-state index in [1.54, 1.807) is 0 Å². The molecular formula is C25H44N2S. The van der Waals surface area contributed by atoms with Crippen LogP contribution in [0.25, 0.3) is 0 Å². The molecule has 0 aliphatic carbocycles. The Morgan fingerprint density at radius 1 is 0.750 bits per heavy atom. The number of hydrogen-bond acceptors (Lipinski definition) is 1. The molecule has 0 heterocycles. The van der Waals surface area contributed by atoms with Crippen molar-refractivity contribution in [2.75, 3.05) is 11.4 Å². The first-order valence-corrected chi connectivity index (χ1v) is 12.2. The van der Waals surface area contributed by atoms with Gasteiger partial charge in [0.25, 0.3) is 0 Å². The zero-order valence-electron chi connectivity index (χ0n) is 18.8. The molecule has 28 heavy (non-hydrogen) atoms. The second-order valence-corrected chi connectivity index (χ2v) is 8.43. The lowest BCUT2D eigenvalue weighted by Gasteiger charge is -2.28. The molecule has 0 fully saturated rings. The largest absolute Gasteiger partial charge is 0.376 e. The van der Waals surface area contributed by atoms with Gasteiger partial charge in [0.15, 0.2) is 5.11 Å². The van der Waals surface area contributed by atoms with Gasteiger partial charge in [-0.1, -0.05) is 110 Å². The van der Waals surface area contributed by atoms with Crippen molar-refractivity contribution in [2.45, 2.75) is 111 Å². The van der Waals surface area contributed by atoms with Crippen LogP contribution in [-0.4, -0.2) is 11.7 Å². The standard InChI is InChI=1S/C25H44N2S/c1-4-7-8-9-10-11-12-13-14-15-16-17-21-27(25(26)28)24-22(5-2)19-18-20-23(24)6-3/h18-20H,4-17,21H2,1-3H3,(H2,26,28). The van der Waals surface area contributed by atoms with Crippen molar-refractivity contribution in [3.63, 3.8) is 0 Å². The summed E-state index contributed by atoms with van der Waals surface area (Å²) in [5.41, 5.74) is 10.1. The molecule has 1 aromatic carbocycles. The minimum absolute atomic E-state index is 0.513. The highest BCUT2D eigenvalue weighted by molar-refractivity contribution is 7.80. The van der Waals surface area contributed by atoms with E-state index in [4.69, 9.17) is 18.0 Å². The number of para-hydroxylation sites is 1. The highest BCUT2D eigenvalue weighted by Gasteiger charge is 2.16. The summed E-state index contributed by atoms with van der Waals surface area (Å²) >= 11 is 5.40. The van der Waals surface area contributed by atoms with Crippen molar-refractivity contribution in [2.24, 2.45) is 5.73 Å². The molecule has 0 bridgehead atoms. The lowest BCUT2D eigenvalue weighted by atomic mass is 10.0. The molecule has 0 aromatic heterocycles. The first-order chi connectivity index (χ1) is 13.7. The second kappa shape index (κ2) is 15.8. The van der Waals surface area contributed by atoms with Gasteiger partial charge in [0, 0.05) is 12.2 Å². The van der Waals surface area contributed by atoms with E-state index in [0.29, 0.717) is 5.11 Å². The number of hydrogen-bond donors (Lipinski definition) is 1. The number of rotatable bonds is 16. The SMILES string of the molecule is CCCCCCCCCCCCCCN(C(N)=S)c1c(CC)cccc1CC. The van der Waals surface area contributed by atoms with Crippen LogP contribution in [0.4, 0.5) is 5.69 Å². The average Bonchev–Trinajstić information content (AvgIpc) is 2.70. The number of nitrogens with two attached hydrogens (primary N) is 1. The molecular weight excluding hydrogens is 360 g/mol. The van der Waals surface area contributed by atoms with E-state index in [1.165, 1.54) is 87.4 Å². The minimum atomic E-state index is 0.513. The van der Waals surface area contributed by atoms with Crippen molar-refractivity contribution in [3.8, 4) is 0 Å². The minimum Gasteiger partial charge on any atom is -0.376 e. The fourth-order valence-electron chi connectivity index (χ4n) is 4.00. The molecule has 3 heteroatoms. The number of nitrogens with zero attached hydrogens (tertiary/aromatic N) is 1. The van der Waals surface area contributed by atoms with Gasteiger partial charge in [-0.15, -0.1) is 0 Å². The first kappa shape index (κ1) is 24.9. The molecule has 0 aliphatic heterocycles. The third kappa shape index (κ3) is 9.41. The van der Waals surface area contributed by atoms with Crippen LogP contribution in [0.15, 0.2) is 18.2 Å². The third-order valence-electron chi connectivity index (χ3n) is 5.74. The number of benzene rings is 1. The topological polar surface area (TPSA) is 29.3 Å². The quantitative estimate of drug-likeness (QED) is 0.228. The van der Waals surface area contributed by atoms with Crippen LogP contribution in [-0.2, 0) is 12.8 Å². The summed E-state index contributed by atoms with van der Waals surface area (Å²) in [5, 5.41) is 0.513. The molecule has 1 rings (SSSR count). The fourth-order valence-corrected chi connectivity index (χ4v) is 4.19. The lowest BCUT2D eigenvalue weighted by Crippen LogP contribution is -2.37. The van der Waals surface area contributed by atoms with Crippen molar-refractivity contribution in [3.05, 3.63) is 29.3 Å². The van der Waals surface area contributed by atoms with Gasteiger partial charge in [0.05, 0.1) is 0 Å². The molecule has 2 nitrogen and oxygen atoms in total. The van der Waals surface area contributed by atoms with E-state index in [-0.39, 0.29) is 0 Å². The Morgan fingerprint density at radius 3 is 1.57 bits per heavy atom. The van der Waals surface area contributed by atoms with Crippen LogP contribution in [0.3, 0.4) is 0 Å². The molecule has 0 amide bonds. The number of unbranched alkanes of at least 4 members (excludes halogenated alkanes) is 11.